The molecule has 0 radical (unpaired) electrons. The maximum Gasteiger partial charge on any atom is 0.338 e. The number of carbonyl (C=O) groups excluding carboxylic acids is 1. The summed E-state index contributed by atoms with van der Waals surface area (Å²) in [5.74, 6) is 0.421. The Morgan fingerprint density at radius 3 is 1.90 bits per heavy atom. The SMILES string of the molecule is CCOC(C)(Cc1ccc(OCc2ccccc2)cc1)C(=O)OCc1ccccc1. The van der Waals surface area contributed by atoms with Crippen molar-refractivity contribution in [2.24, 2.45) is 0 Å². The van der Waals surface area contributed by atoms with Crippen LogP contribution in [0.4, 0.5) is 0 Å². The van der Waals surface area contributed by atoms with E-state index in [2.05, 4.69) is 0 Å². The van der Waals surface area contributed by atoms with Gasteiger partial charge in [0.25, 0.3) is 0 Å². The largest absolute Gasteiger partial charge is 0.489 e. The first-order valence-electron chi connectivity index (χ1n) is 10.2. The Kier molecular flexibility index (Phi) is 7.63. The fourth-order valence-corrected chi connectivity index (χ4v) is 3.21. The second kappa shape index (κ2) is 10.6. The Bertz CT molecular complexity index is 907. The van der Waals surface area contributed by atoms with E-state index in [1.165, 1.54) is 0 Å². The molecule has 3 aromatic rings. The average molecular weight is 405 g/mol. The molecule has 0 aliphatic rings. The van der Waals surface area contributed by atoms with Crippen LogP contribution in [0.3, 0.4) is 0 Å². The summed E-state index contributed by atoms with van der Waals surface area (Å²) in [7, 11) is 0. The highest BCUT2D eigenvalue weighted by atomic mass is 16.6. The van der Waals surface area contributed by atoms with E-state index in [9.17, 15) is 4.79 Å². The van der Waals surface area contributed by atoms with Crippen LogP contribution in [-0.4, -0.2) is 18.2 Å². The standard InChI is InChI=1S/C26H28O4/c1-3-30-26(2,25(27)29-20-23-12-8-5-9-13-23)18-21-14-16-24(17-15-21)28-19-22-10-6-4-7-11-22/h4-17H,3,18-20H2,1-2H3. The van der Waals surface area contributed by atoms with E-state index < -0.39 is 5.60 Å². The summed E-state index contributed by atoms with van der Waals surface area (Å²) in [6, 6.07) is 27.4. The predicted octanol–water partition coefficient (Wildman–Crippen LogP) is 5.35. The Morgan fingerprint density at radius 2 is 1.33 bits per heavy atom. The maximum atomic E-state index is 12.8. The summed E-state index contributed by atoms with van der Waals surface area (Å²) in [5.41, 5.74) is 2.00. The van der Waals surface area contributed by atoms with Crippen LogP contribution in [0.5, 0.6) is 5.75 Å². The molecule has 0 N–H and O–H groups in total. The average Bonchev–Trinajstić information content (AvgIpc) is 2.78. The lowest BCUT2D eigenvalue weighted by molar-refractivity contribution is -0.171. The zero-order valence-electron chi connectivity index (χ0n) is 17.5. The molecule has 3 aromatic carbocycles. The van der Waals surface area contributed by atoms with Gasteiger partial charge in [-0.25, -0.2) is 4.79 Å². The van der Waals surface area contributed by atoms with Crippen molar-refractivity contribution in [3.8, 4) is 5.75 Å². The maximum absolute atomic E-state index is 12.8. The van der Waals surface area contributed by atoms with E-state index in [0.29, 0.717) is 19.6 Å². The number of esters is 1. The molecule has 3 rings (SSSR count). The summed E-state index contributed by atoms with van der Waals surface area (Å²) >= 11 is 0. The van der Waals surface area contributed by atoms with Crippen LogP contribution in [0, 0.1) is 0 Å². The van der Waals surface area contributed by atoms with Crippen molar-refractivity contribution in [2.45, 2.75) is 39.1 Å². The van der Waals surface area contributed by atoms with Crippen molar-refractivity contribution in [1.82, 2.24) is 0 Å². The molecule has 4 heteroatoms. The van der Waals surface area contributed by atoms with Crippen LogP contribution < -0.4 is 4.74 Å². The molecule has 4 nitrogen and oxygen atoms in total. The van der Waals surface area contributed by atoms with Crippen molar-refractivity contribution in [1.29, 1.82) is 0 Å². The molecule has 30 heavy (non-hydrogen) atoms. The third kappa shape index (κ3) is 6.19. The van der Waals surface area contributed by atoms with Crippen LogP contribution >= 0.6 is 0 Å². The summed E-state index contributed by atoms with van der Waals surface area (Å²) in [4.78, 5) is 12.8. The fraction of sp³-hybridized carbons (Fsp3) is 0.269. The second-order valence-corrected chi connectivity index (χ2v) is 7.32. The first kappa shape index (κ1) is 21.6. The van der Waals surface area contributed by atoms with Crippen LogP contribution in [0.15, 0.2) is 84.9 Å². The topological polar surface area (TPSA) is 44.8 Å². The molecule has 1 unspecified atom stereocenters. The summed E-state index contributed by atoms with van der Waals surface area (Å²) in [6.45, 7) is 4.83. The van der Waals surface area contributed by atoms with E-state index in [-0.39, 0.29) is 12.6 Å². The molecule has 0 aromatic heterocycles. The number of benzene rings is 3. The van der Waals surface area contributed by atoms with Gasteiger partial charge < -0.3 is 14.2 Å². The summed E-state index contributed by atoms with van der Waals surface area (Å²) < 4.78 is 17.2. The van der Waals surface area contributed by atoms with Crippen LogP contribution in [-0.2, 0) is 33.9 Å². The van der Waals surface area contributed by atoms with Crippen LogP contribution in [0.25, 0.3) is 0 Å². The van der Waals surface area contributed by atoms with Gasteiger partial charge in [-0.05, 0) is 42.7 Å². The van der Waals surface area contributed by atoms with E-state index in [1.54, 1.807) is 6.92 Å². The lowest BCUT2D eigenvalue weighted by atomic mass is 9.96. The predicted molar refractivity (Wildman–Crippen MR) is 117 cm³/mol. The number of hydrogen-bond acceptors (Lipinski definition) is 4. The van der Waals surface area contributed by atoms with Gasteiger partial charge in [-0.3, -0.25) is 0 Å². The van der Waals surface area contributed by atoms with Crippen LogP contribution in [0.2, 0.25) is 0 Å². The van der Waals surface area contributed by atoms with E-state index in [1.807, 2.05) is 91.9 Å². The number of hydrogen-bond donors (Lipinski definition) is 0. The molecule has 0 bridgehead atoms. The smallest absolute Gasteiger partial charge is 0.338 e. The summed E-state index contributed by atoms with van der Waals surface area (Å²) in [5, 5.41) is 0. The van der Waals surface area contributed by atoms with Gasteiger partial charge >= 0.3 is 5.97 Å². The second-order valence-electron chi connectivity index (χ2n) is 7.32. The van der Waals surface area contributed by atoms with Crippen molar-refractivity contribution < 1.29 is 19.0 Å². The molecule has 0 saturated carbocycles. The highest BCUT2D eigenvalue weighted by Gasteiger charge is 2.36. The highest BCUT2D eigenvalue weighted by Crippen LogP contribution is 2.23. The molecule has 0 saturated heterocycles. The van der Waals surface area contributed by atoms with Crippen molar-refractivity contribution >= 4 is 5.97 Å². The van der Waals surface area contributed by atoms with Gasteiger partial charge in [0, 0.05) is 13.0 Å². The lowest BCUT2D eigenvalue weighted by Gasteiger charge is -2.27. The highest BCUT2D eigenvalue weighted by molar-refractivity contribution is 5.79. The molecular formula is C26H28O4. The zero-order chi connectivity index (χ0) is 21.2. The molecular weight excluding hydrogens is 376 g/mol. The molecule has 156 valence electrons. The fourth-order valence-electron chi connectivity index (χ4n) is 3.21. The molecule has 0 heterocycles. The van der Waals surface area contributed by atoms with E-state index >= 15 is 0 Å². The molecule has 0 fully saturated rings. The molecule has 0 amide bonds. The molecule has 0 spiro atoms. The quantitative estimate of drug-likeness (QED) is 0.428. The lowest BCUT2D eigenvalue weighted by Crippen LogP contribution is -2.42. The Labute approximate surface area is 178 Å². The molecule has 0 aliphatic heterocycles. The monoisotopic (exact) mass is 404 g/mol. The van der Waals surface area contributed by atoms with Gasteiger partial charge in [0.1, 0.15) is 19.0 Å². The zero-order valence-corrected chi connectivity index (χ0v) is 17.5. The minimum atomic E-state index is -1.05. The van der Waals surface area contributed by atoms with Crippen molar-refractivity contribution in [3.63, 3.8) is 0 Å². The van der Waals surface area contributed by atoms with Gasteiger partial charge in [0.05, 0.1) is 0 Å². The number of rotatable bonds is 10. The van der Waals surface area contributed by atoms with Gasteiger partial charge in [0.2, 0.25) is 0 Å². The van der Waals surface area contributed by atoms with E-state index in [0.717, 1.165) is 22.4 Å². The Balaban J connectivity index is 1.59. The van der Waals surface area contributed by atoms with E-state index in [4.69, 9.17) is 14.2 Å². The van der Waals surface area contributed by atoms with Gasteiger partial charge in [0.15, 0.2) is 5.60 Å². The minimum absolute atomic E-state index is 0.231. The van der Waals surface area contributed by atoms with Gasteiger partial charge in [-0.1, -0.05) is 72.8 Å². The first-order chi connectivity index (χ1) is 14.6. The third-order valence-corrected chi connectivity index (χ3v) is 4.82. The summed E-state index contributed by atoms with van der Waals surface area (Å²) in [6.07, 6.45) is 0.424. The molecule has 1 atom stereocenters. The van der Waals surface area contributed by atoms with Gasteiger partial charge in [-0.2, -0.15) is 0 Å². The minimum Gasteiger partial charge on any atom is -0.489 e. The number of ether oxygens (including phenoxy) is 3. The first-order valence-corrected chi connectivity index (χ1v) is 10.2. The van der Waals surface area contributed by atoms with Crippen molar-refractivity contribution in [2.75, 3.05) is 6.61 Å². The van der Waals surface area contributed by atoms with Crippen LogP contribution in [0.1, 0.15) is 30.5 Å². The van der Waals surface area contributed by atoms with Crippen molar-refractivity contribution in [3.05, 3.63) is 102 Å². The van der Waals surface area contributed by atoms with Gasteiger partial charge in [-0.15, -0.1) is 0 Å². The third-order valence-electron chi connectivity index (χ3n) is 4.82. The molecule has 0 aliphatic carbocycles. The Morgan fingerprint density at radius 1 is 0.767 bits per heavy atom. The number of carbonyl (C=O) groups is 1. The Hall–Kier alpha value is -3.11. The normalized spacial score (nSPS) is 12.7.